The highest BCUT2D eigenvalue weighted by Crippen LogP contribution is 2.40. The smallest absolute Gasteiger partial charge is 0.419 e. The minimum absolute atomic E-state index is 0.0733. The summed E-state index contributed by atoms with van der Waals surface area (Å²) < 4.78 is 80.2. The van der Waals surface area contributed by atoms with E-state index in [4.69, 9.17) is 0 Å². The Labute approximate surface area is 194 Å². The SMILES string of the molecule is CC(Cc1n[nH]cc1C(F)(F)F)c1cccc(N2Cc3c(cc(C(=O)O)cc3C(F)(F)F)C2=O)c1. The van der Waals surface area contributed by atoms with E-state index in [0.717, 1.165) is 17.2 Å². The lowest BCUT2D eigenvalue weighted by Crippen LogP contribution is -2.23. The van der Waals surface area contributed by atoms with Crippen LogP contribution in [0, 0.1) is 0 Å². The number of amides is 1. The molecule has 1 aliphatic rings. The second-order valence-electron chi connectivity index (χ2n) is 8.19. The van der Waals surface area contributed by atoms with Crippen molar-refractivity contribution in [3.8, 4) is 0 Å². The van der Waals surface area contributed by atoms with E-state index in [9.17, 15) is 41.0 Å². The molecule has 2 aromatic carbocycles. The molecule has 3 aromatic rings. The van der Waals surface area contributed by atoms with Crippen LogP contribution in [0.25, 0.3) is 0 Å². The van der Waals surface area contributed by atoms with Gasteiger partial charge in [0.05, 0.1) is 28.9 Å². The molecule has 35 heavy (non-hydrogen) atoms. The number of carboxylic acids is 1. The maximum Gasteiger partial charge on any atom is 0.419 e. The van der Waals surface area contributed by atoms with Crippen molar-refractivity contribution in [1.82, 2.24) is 10.2 Å². The van der Waals surface area contributed by atoms with Gasteiger partial charge in [-0.15, -0.1) is 0 Å². The number of rotatable bonds is 5. The van der Waals surface area contributed by atoms with Crippen LogP contribution in [0.3, 0.4) is 0 Å². The zero-order valence-corrected chi connectivity index (χ0v) is 18.0. The fraction of sp³-hybridized carbons (Fsp3) is 0.261. The van der Waals surface area contributed by atoms with Crippen LogP contribution in [0.2, 0.25) is 0 Å². The predicted octanol–water partition coefficient (Wildman–Crippen LogP) is 5.65. The van der Waals surface area contributed by atoms with Gasteiger partial charge in [-0.05, 0) is 47.7 Å². The third kappa shape index (κ3) is 4.60. The molecule has 6 nitrogen and oxygen atoms in total. The van der Waals surface area contributed by atoms with Crippen LogP contribution in [0.5, 0.6) is 0 Å². The second-order valence-corrected chi connectivity index (χ2v) is 8.19. The number of carboxylic acid groups (broad SMARTS) is 1. The molecule has 4 rings (SSSR count). The Morgan fingerprint density at radius 3 is 2.43 bits per heavy atom. The number of nitrogens with one attached hydrogen (secondary N) is 1. The number of aromatic nitrogens is 2. The van der Waals surface area contributed by atoms with E-state index in [1.165, 1.54) is 12.1 Å². The average molecular weight is 497 g/mol. The Morgan fingerprint density at radius 1 is 1.11 bits per heavy atom. The van der Waals surface area contributed by atoms with Gasteiger partial charge in [0.1, 0.15) is 0 Å². The summed E-state index contributed by atoms with van der Waals surface area (Å²) in [6.07, 6.45) is -8.76. The van der Waals surface area contributed by atoms with Crippen LogP contribution in [-0.4, -0.2) is 27.2 Å². The highest BCUT2D eigenvalue weighted by Gasteiger charge is 2.41. The van der Waals surface area contributed by atoms with Crippen molar-refractivity contribution >= 4 is 17.6 Å². The van der Waals surface area contributed by atoms with Gasteiger partial charge in [-0.3, -0.25) is 9.89 Å². The first kappa shape index (κ1) is 24.3. The third-order valence-electron chi connectivity index (χ3n) is 5.87. The molecule has 2 N–H and O–H groups in total. The lowest BCUT2D eigenvalue weighted by molar-refractivity contribution is -0.139. The molecule has 0 saturated heterocycles. The lowest BCUT2D eigenvalue weighted by atomic mass is 9.94. The number of H-pyrrole nitrogens is 1. The molecule has 1 unspecified atom stereocenters. The van der Waals surface area contributed by atoms with Gasteiger partial charge < -0.3 is 10.0 Å². The molecule has 12 heteroatoms. The fourth-order valence-electron chi connectivity index (χ4n) is 4.12. The number of carbonyl (C=O) groups excluding carboxylic acids is 1. The number of alkyl halides is 6. The van der Waals surface area contributed by atoms with Crippen LogP contribution < -0.4 is 4.90 Å². The summed E-state index contributed by atoms with van der Waals surface area (Å²) in [5.74, 6) is -2.87. The van der Waals surface area contributed by atoms with E-state index < -0.39 is 53.4 Å². The monoisotopic (exact) mass is 497 g/mol. The quantitative estimate of drug-likeness (QED) is 0.446. The number of benzene rings is 2. The van der Waals surface area contributed by atoms with Crippen LogP contribution in [0.4, 0.5) is 32.0 Å². The molecule has 0 saturated carbocycles. The van der Waals surface area contributed by atoms with E-state index in [-0.39, 0.29) is 28.9 Å². The van der Waals surface area contributed by atoms with Crippen molar-refractivity contribution in [2.24, 2.45) is 0 Å². The molecule has 0 aliphatic carbocycles. The van der Waals surface area contributed by atoms with Crippen molar-refractivity contribution in [3.05, 3.63) is 81.7 Å². The van der Waals surface area contributed by atoms with Gasteiger partial charge in [0.15, 0.2) is 0 Å². The zero-order chi connectivity index (χ0) is 25.7. The molecule has 1 aromatic heterocycles. The maximum atomic E-state index is 13.6. The van der Waals surface area contributed by atoms with Crippen molar-refractivity contribution in [2.45, 2.75) is 38.2 Å². The minimum Gasteiger partial charge on any atom is -0.478 e. The number of anilines is 1. The zero-order valence-electron chi connectivity index (χ0n) is 18.0. The topological polar surface area (TPSA) is 86.3 Å². The molecule has 0 spiro atoms. The Balaban J connectivity index is 1.65. The fourth-order valence-corrected chi connectivity index (χ4v) is 4.12. The number of aromatic amines is 1. The van der Waals surface area contributed by atoms with E-state index in [2.05, 4.69) is 10.2 Å². The maximum absolute atomic E-state index is 13.6. The summed E-state index contributed by atoms with van der Waals surface area (Å²) in [6, 6.07) is 7.59. The number of carbonyl (C=O) groups is 2. The van der Waals surface area contributed by atoms with Gasteiger partial charge >= 0.3 is 18.3 Å². The molecule has 0 bridgehead atoms. The number of hydrogen-bond donors (Lipinski definition) is 2. The summed E-state index contributed by atoms with van der Waals surface area (Å²) in [7, 11) is 0. The number of aromatic carboxylic acids is 1. The minimum atomic E-state index is -4.87. The summed E-state index contributed by atoms with van der Waals surface area (Å²) in [5, 5.41) is 15.1. The normalized spacial score (nSPS) is 14.8. The Hall–Kier alpha value is -3.83. The Bertz CT molecular complexity index is 1310. The summed E-state index contributed by atoms with van der Waals surface area (Å²) in [5.41, 5.74) is -2.85. The largest absolute Gasteiger partial charge is 0.478 e. The first-order chi connectivity index (χ1) is 16.3. The van der Waals surface area contributed by atoms with Crippen molar-refractivity contribution in [3.63, 3.8) is 0 Å². The molecule has 1 atom stereocenters. The van der Waals surface area contributed by atoms with E-state index >= 15 is 0 Å². The molecular formula is C23H17F6N3O3. The van der Waals surface area contributed by atoms with Crippen molar-refractivity contribution in [2.75, 3.05) is 4.90 Å². The molecule has 1 aliphatic heterocycles. The van der Waals surface area contributed by atoms with Crippen molar-refractivity contribution in [1.29, 1.82) is 0 Å². The summed E-state index contributed by atoms with van der Waals surface area (Å²) >= 11 is 0. The first-order valence-electron chi connectivity index (χ1n) is 10.3. The molecule has 0 radical (unpaired) electrons. The highest BCUT2D eigenvalue weighted by atomic mass is 19.4. The van der Waals surface area contributed by atoms with Crippen LogP contribution in [-0.2, 0) is 25.3 Å². The third-order valence-corrected chi connectivity index (χ3v) is 5.87. The molecular weight excluding hydrogens is 480 g/mol. The molecule has 184 valence electrons. The summed E-state index contributed by atoms with van der Waals surface area (Å²) in [6.45, 7) is 1.23. The number of hydrogen-bond acceptors (Lipinski definition) is 3. The summed E-state index contributed by atoms with van der Waals surface area (Å²) in [4.78, 5) is 25.4. The Morgan fingerprint density at radius 2 is 1.80 bits per heavy atom. The molecule has 1 amide bonds. The molecule has 2 heterocycles. The standard InChI is InChI=1S/C23H17F6N3O3/c1-11(5-19-18(9-30-31-19)23(27,28)29)12-3-2-4-14(6-12)32-10-16-15(20(32)33)7-13(21(34)35)8-17(16)22(24,25)26/h2-4,6-9,11H,5,10H2,1H3,(H,30,31)(H,34,35). The van der Waals surface area contributed by atoms with E-state index in [1.54, 1.807) is 19.1 Å². The Kier molecular flexibility index (Phi) is 5.86. The van der Waals surface area contributed by atoms with Gasteiger partial charge in [-0.2, -0.15) is 31.4 Å². The van der Waals surface area contributed by atoms with Gasteiger partial charge in [-0.25, -0.2) is 4.79 Å². The van der Waals surface area contributed by atoms with Gasteiger partial charge in [0.2, 0.25) is 0 Å². The van der Waals surface area contributed by atoms with Crippen LogP contribution >= 0.6 is 0 Å². The number of halogens is 6. The predicted molar refractivity (Wildman–Crippen MR) is 111 cm³/mol. The number of nitrogens with zero attached hydrogens (tertiary/aromatic N) is 2. The van der Waals surface area contributed by atoms with Crippen LogP contribution in [0.15, 0.2) is 42.6 Å². The average Bonchev–Trinajstić information content (AvgIpc) is 3.37. The van der Waals surface area contributed by atoms with Gasteiger partial charge in [0.25, 0.3) is 5.91 Å². The lowest BCUT2D eigenvalue weighted by Gasteiger charge is -2.19. The number of fused-ring (bicyclic) bond motifs is 1. The van der Waals surface area contributed by atoms with E-state index in [1.807, 2.05) is 0 Å². The second kappa shape index (κ2) is 8.43. The first-order valence-corrected chi connectivity index (χ1v) is 10.3. The van der Waals surface area contributed by atoms with Crippen LogP contribution in [0.1, 0.15) is 61.5 Å². The highest BCUT2D eigenvalue weighted by molar-refractivity contribution is 6.11. The molecule has 0 fully saturated rings. The van der Waals surface area contributed by atoms with Crippen molar-refractivity contribution < 1.29 is 41.0 Å². The van der Waals surface area contributed by atoms with Gasteiger partial charge in [0, 0.05) is 17.4 Å². The van der Waals surface area contributed by atoms with Gasteiger partial charge in [-0.1, -0.05) is 19.1 Å². The van der Waals surface area contributed by atoms with E-state index in [0.29, 0.717) is 11.6 Å².